The van der Waals surface area contributed by atoms with Crippen LogP contribution in [0.2, 0.25) is 5.02 Å². The van der Waals surface area contributed by atoms with Crippen molar-refractivity contribution in [2.45, 2.75) is 38.1 Å². The number of amides is 1. The van der Waals surface area contributed by atoms with Crippen molar-refractivity contribution in [1.82, 2.24) is 14.1 Å². The van der Waals surface area contributed by atoms with Gasteiger partial charge in [-0.1, -0.05) is 25.4 Å². The van der Waals surface area contributed by atoms with Gasteiger partial charge in [-0.2, -0.15) is 4.31 Å². The average Bonchev–Trinajstić information content (AvgIpc) is 2.66. The van der Waals surface area contributed by atoms with Gasteiger partial charge < -0.3 is 4.90 Å². The van der Waals surface area contributed by atoms with Crippen molar-refractivity contribution >= 4 is 27.5 Å². The third-order valence-corrected chi connectivity index (χ3v) is 7.98. The largest absolute Gasteiger partial charge is 0.341 e. The van der Waals surface area contributed by atoms with E-state index in [1.165, 1.54) is 22.9 Å². The van der Waals surface area contributed by atoms with E-state index < -0.39 is 10.0 Å². The third kappa shape index (κ3) is 4.70. The predicted octanol–water partition coefficient (Wildman–Crippen LogP) is 2.54. The fraction of sp³-hybridized carbons (Fsp3) is 0.650. The van der Waals surface area contributed by atoms with Crippen LogP contribution in [0.3, 0.4) is 0 Å². The van der Waals surface area contributed by atoms with Gasteiger partial charge in [0.1, 0.15) is 0 Å². The topological polar surface area (TPSA) is 60.9 Å². The van der Waals surface area contributed by atoms with Gasteiger partial charge in [-0.25, -0.2) is 8.42 Å². The van der Waals surface area contributed by atoms with Gasteiger partial charge in [-0.15, -0.1) is 0 Å². The number of likely N-dealkylation sites (tertiary alicyclic amines) is 1. The van der Waals surface area contributed by atoms with Gasteiger partial charge >= 0.3 is 0 Å². The Morgan fingerprint density at radius 2 is 1.57 bits per heavy atom. The molecule has 3 rings (SSSR count). The molecule has 0 radical (unpaired) electrons. The molecule has 2 heterocycles. The fourth-order valence-corrected chi connectivity index (χ4v) is 5.90. The van der Waals surface area contributed by atoms with Gasteiger partial charge in [0, 0.05) is 44.3 Å². The summed E-state index contributed by atoms with van der Waals surface area (Å²) in [5.41, 5.74) is 0. The van der Waals surface area contributed by atoms with Crippen molar-refractivity contribution in [2.24, 2.45) is 11.8 Å². The zero-order chi connectivity index (χ0) is 20.5. The van der Waals surface area contributed by atoms with E-state index in [1.807, 2.05) is 11.8 Å². The molecule has 2 aliphatic heterocycles. The molecule has 8 heteroatoms. The molecule has 6 nitrogen and oxygen atoms in total. The molecule has 1 amide bonds. The monoisotopic (exact) mass is 427 g/mol. The minimum atomic E-state index is -3.53. The highest BCUT2D eigenvalue weighted by atomic mass is 35.5. The van der Waals surface area contributed by atoms with Crippen molar-refractivity contribution in [3.8, 4) is 0 Å². The van der Waals surface area contributed by atoms with Crippen molar-refractivity contribution < 1.29 is 13.2 Å². The summed E-state index contributed by atoms with van der Waals surface area (Å²) in [4.78, 5) is 17.3. The molecule has 0 spiro atoms. The highest BCUT2D eigenvalue weighted by Gasteiger charge is 2.34. The van der Waals surface area contributed by atoms with E-state index in [9.17, 15) is 13.2 Å². The Hall–Kier alpha value is -1.15. The zero-order valence-electron chi connectivity index (χ0n) is 16.8. The Morgan fingerprint density at radius 3 is 2.11 bits per heavy atom. The number of benzene rings is 1. The minimum Gasteiger partial charge on any atom is -0.341 e. The number of carbonyl (C=O) groups is 1. The number of sulfonamides is 1. The lowest BCUT2D eigenvalue weighted by Gasteiger charge is -2.41. The Morgan fingerprint density at radius 1 is 1.04 bits per heavy atom. The summed E-state index contributed by atoms with van der Waals surface area (Å²) in [6.07, 6.45) is 1.17. The number of carbonyl (C=O) groups excluding carboxylic acids is 1. The Kier molecular flexibility index (Phi) is 6.69. The summed E-state index contributed by atoms with van der Waals surface area (Å²) >= 11 is 5.86. The first-order chi connectivity index (χ1) is 13.2. The van der Waals surface area contributed by atoms with Gasteiger partial charge in [-0.3, -0.25) is 9.69 Å². The van der Waals surface area contributed by atoms with Crippen molar-refractivity contribution in [3.05, 3.63) is 29.3 Å². The van der Waals surface area contributed by atoms with Gasteiger partial charge in [0.2, 0.25) is 15.9 Å². The number of halogens is 1. The molecule has 0 aromatic heterocycles. The molecule has 1 aromatic rings. The summed E-state index contributed by atoms with van der Waals surface area (Å²) in [5, 5.41) is 0.512. The maximum Gasteiger partial charge on any atom is 0.243 e. The maximum absolute atomic E-state index is 13.0. The van der Waals surface area contributed by atoms with E-state index in [0.717, 1.165) is 13.1 Å². The van der Waals surface area contributed by atoms with Gasteiger partial charge in [-0.05, 0) is 49.4 Å². The zero-order valence-corrected chi connectivity index (χ0v) is 18.4. The van der Waals surface area contributed by atoms with E-state index in [1.54, 1.807) is 12.1 Å². The number of piperidine rings is 1. The second kappa shape index (κ2) is 8.69. The van der Waals surface area contributed by atoms with E-state index in [0.29, 0.717) is 43.0 Å². The summed E-state index contributed by atoms with van der Waals surface area (Å²) < 4.78 is 27.1. The summed E-state index contributed by atoms with van der Waals surface area (Å²) in [6, 6.07) is 6.03. The lowest BCUT2D eigenvalue weighted by Crippen LogP contribution is -2.56. The quantitative estimate of drug-likeness (QED) is 0.740. The lowest BCUT2D eigenvalue weighted by molar-refractivity contribution is -0.139. The Labute approximate surface area is 173 Å². The van der Waals surface area contributed by atoms with Crippen LogP contribution in [0.25, 0.3) is 0 Å². The van der Waals surface area contributed by atoms with Crippen LogP contribution >= 0.6 is 11.6 Å². The number of hydrogen-bond donors (Lipinski definition) is 0. The summed E-state index contributed by atoms with van der Waals surface area (Å²) in [5.74, 6) is 1.22. The standard InChI is InChI=1S/C20H30ClN3O3S/c1-15-12-16(2)14-23(13-15)20(25)17(3)22-8-10-24(11-9-22)28(26,27)19-6-4-18(21)5-7-19/h4-7,15-17H,8-14H2,1-3H3/t15-,16-,17+/m0/s1. The van der Waals surface area contributed by atoms with E-state index in [4.69, 9.17) is 11.6 Å². The second-order valence-electron chi connectivity index (χ2n) is 8.26. The van der Waals surface area contributed by atoms with E-state index in [2.05, 4.69) is 18.7 Å². The van der Waals surface area contributed by atoms with Crippen LogP contribution in [0.1, 0.15) is 27.2 Å². The summed E-state index contributed by atoms with van der Waals surface area (Å²) in [6.45, 7) is 9.84. The molecule has 3 atom stereocenters. The molecule has 2 fully saturated rings. The molecule has 2 aliphatic rings. The predicted molar refractivity (Wildman–Crippen MR) is 111 cm³/mol. The lowest BCUT2D eigenvalue weighted by atomic mass is 9.91. The molecular formula is C20H30ClN3O3S. The average molecular weight is 428 g/mol. The molecule has 0 N–H and O–H groups in total. The first kappa shape index (κ1) is 21.6. The maximum atomic E-state index is 13.0. The molecule has 0 saturated carbocycles. The molecule has 28 heavy (non-hydrogen) atoms. The van der Waals surface area contributed by atoms with Gasteiger partial charge in [0.15, 0.2) is 0 Å². The first-order valence-corrected chi connectivity index (χ1v) is 11.8. The van der Waals surface area contributed by atoms with Gasteiger partial charge in [0.25, 0.3) is 0 Å². The molecule has 0 bridgehead atoms. The number of hydrogen-bond acceptors (Lipinski definition) is 4. The van der Waals surface area contributed by atoms with Crippen molar-refractivity contribution in [3.63, 3.8) is 0 Å². The van der Waals surface area contributed by atoms with Crippen molar-refractivity contribution in [1.29, 1.82) is 0 Å². The Bertz CT molecular complexity index is 781. The summed E-state index contributed by atoms with van der Waals surface area (Å²) in [7, 11) is -3.53. The third-order valence-electron chi connectivity index (χ3n) is 5.81. The fourth-order valence-electron chi connectivity index (χ4n) is 4.35. The minimum absolute atomic E-state index is 0.160. The van der Waals surface area contributed by atoms with E-state index in [-0.39, 0.29) is 16.8 Å². The Balaban J connectivity index is 1.60. The molecule has 2 saturated heterocycles. The smallest absolute Gasteiger partial charge is 0.243 e. The van der Waals surface area contributed by atoms with Crippen LogP contribution in [-0.4, -0.2) is 73.7 Å². The highest BCUT2D eigenvalue weighted by Crippen LogP contribution is 2.24. The SMILES string of the molecule is C[C@H]1C[C@H](C)CN(C(=O)[C@@H](C)N2CCN(S(=O)(=O)c3ccc(Cl)cc3)CC2)C1. The molecule has 156 valence electrons. The first-order valence-electron chi connectivity index (χ1n) is 9.97. The molecule has 0 unspecified atom stereocenters. The van der Waals surface area contributed by atoms with Gasteiger partial charge in [0.05, 0.1) is 10.9 Å². The molecule has 1 aromatic carbocycles. The second-order valence-corrected chi connectivity index (χ2v) is 10.6. The van der Waals surface area contributed by atoms with Crippen LogP contribution < -0.4 is 0 Å². The molecular weight excluding hydrogens is 398 g/mol. The number of piperazine rings is 1. The van der Waals surface area contributed by atoms with Crippen LogP contribution in [0, 0.1) is 11.8 Å². The van der Waals surface area contributed by atoms with Crippen LogP contribution in [0.15, 0.2) is 29.2 Å². The molecule has 0 aliphatic carbocycles. The number of nitrogens with zero attached hydrogens (tertiary/aromatic N) is 3. The highest BCUT2D eigenvalue weighted by molar-refractivity contribution is 7.89. The van der Waals surface area contributed by atoms with Crippen LogP contribution in [-0.2, 0) is 14.8 Å². The van der Waals surface area contributed by atoms with Crippen molar-refractivity contribution in [2.75, 3.05) is 39.3 Å². The normalized spacial score (nSPS) is 26.2. The van der Waals surface area contributed by atoms with E-state index >= 15 is 0 Å². The van der Waals surface area contributed by atoms with Crippen LogP contribution in [0.4, 0.5) is 0 Å². The van der Waals surface area contributed by atoms with Crippen LogP contribution in [0.5, 0.6) is 0 Å². The number of rotatable bonds is 4.